The van der Waals surface area contributed by atoms with Crippen LogP contribution in [0.1, 0.15) is 26.3 Å². The van der Waals surface area contributed by atoms with Crippen LogP contribution < -0.4 is 0 Å². The van der Waals surface area contributed by atoms with Crippen LogP contribution in [0.25, 0.3) is 0 Å². The van der Waals surface area contributed by atoms with Crippen molar-refractivity contribution in [2.75, 3.05) is 26.2 Å². The Morgan fingerprint density at radius 3 is 1.93 bits per heavy atom. The minimum absolute atomic E-state index is 0.0254. The van der Waals surface area contributed by atoms with Gasteiger partial charge in [-0.15, -0.1) is 0 Å². The summed E-state index contributed by atoms with van der Waals surface area (Å²) in [6.45, 7) is 0.421. The number of carbonyl (C=O) groups excluding carboxylic acids is 2. The largest absolute Gasteiger partial charge is 0.417 e. The lowest BCUT2D eigenvalue weighted by atomic mass is 10.1. The van der Waals surface area contributed by atoms with Gasteiger partial charge in [0.25, 0.3) is 11.8 Å². The molecular formula is C19H15ClF4N2O2. The van der Waals surface area contributed by atoms with E-state index in [0.29, 0.717) is 0 Å². The molecule has 0 aromatic heterocycles. The fourth-order valence-corrected chi connectivity index (χ4v) is 3.28. The van der Waals surface area contributed by atoms with Crippen LogP contribution in [0, 0.1) is 5.82 Å². The van der Waals surface area contributed by atoms with E-state index in [2.05, 4.69) is 0 Å². The minimum atomic E-state index is -4.64. The van der Waals surface area contributed by atoms with Gasteiger partial charge in [-0.25, -0.2) is 4.39 Å². The Balaban J connectivity index is 1.71. The maximum atomic E-state index is 13.1. The van der Waals surface area contributed by atoms with Crippen LogP contribution in [0.5, 0.6) is 0 Å². The smallest absolute Gasteiger partial charge is 0.335 e. The number of alkyl halides is 3. The monoisotopic (exact) mass is 414 g/mol. The first-order valence-corrected chi connectivity index (χ1v) is 8.76. The normalized spacial score (nSPS) is 14.9. The number of amides is 2. The standard InChI is InChI=1S/C19H15ClF4N2O2/c20-16-11-12(21)5-6-14(16)18(28)26-9-7-25(8-10-26)17(27)13-3-1-2-4-15(13)19(22,23)24/h1-6,11H,7-10H2. The van der Waals surface area contributed by atoms with Crippen LogP contribution >= 0.6 is 11.6 Å². The summed E-state index contributed by atoms with van der Waals surface area (Å²) in [5.74, 6) is -1.73. The van der Waals surface area contributed by atoms with Gasteiger partial charge in [0.1, 0.15) is 5.82 Å². The van der Waals surface area contributed by atoms with Gasteiger partial charge >= 0.3 is 6.18 Å². The Kier molecular flexibility index (Phi) is 5.60. The number of rotatable bonds is 2. The average molecular weight is 415 g/mol. The van der Waals surface area contributed by atoms with Crippen molar-refractivity contribution in [1.29, 1.82) is 0 Å². The number of halogens is 5. The zero-order chi connectivity index (χ0) is 20.5. The average Bonchev–Trinajstić information content (AvgIpc) is 2.66. The molecule has 0 radical (unpaired) electrons. The second-order valence-corrected chi connectivity index (χ2v) is 6.66. The SMILES string of the molecule is O=C(c1ccc(F)cc1Cl)N1CCN(C(=O)c2ccccc2C(F)(F)F)CC1. The predicted octanol–water partition coefficient (Wildman–Crippen LogP) is 4.10. The van der Waals surface area contributed by atoms with Crippen molar-refractivity contribution in [2.45, 2.75) is 6.18 Å². The van der Waals surface area contributed by atoms with Crippen molar-refractivity contribution >= 4 is 23.4 Å². The highest BCUT2D eigenvalue weighted by atomic mass is 35.5. The molecule has 1 saturated heterocycles. The lowest BCUT2D eigenvalue weighted by molar-refractivity contribution is -0.138. The molecule has 1 aliphatic rings. The van der Waals surface area contributed by atoms with Gasteiger partial charge in [-0.1, -0.05) is 23.7 Å². The van der Waals surface area contributed by atoms with E-state index in [-0.39, 0.29) is 36.8 Å². The highest BCUT2D eigenvalue weighted by Gasteiger charge is 2.36. The molecule has 0 unspecified atom stereocenters. The highest BCUT2D eigenvalue weighted by molar-refractivity contribution is 6.33. The molecule has 0 aliphatic carbocycles. The predicted molar refractivity (Wildman–Crippen MR) is 94.7 cm³/mol. The zero-order valence-electron chi connectivity index (χ0n) is 14.5. The van der Waals surface area contributed by atoms with Gasteiger partial charge in [0, 0.05) is 26.2 Å². The Labute approximate surface area is 163 Å². The minimum Gasteiger partial charge on any atom is -0.335 e. The lowest BCUT2D eigenvalue weighted by Gasteiger charge is -2.35. The Bertz CT molecular complexity index is 909. The third kappa shape index (κ3) is 4.11. The van der Waals surface area contributed by atoms with Crippen LogP contribution in [0.15, 0.2) is 42.5 Å². The quantitative estimate of drug-likeness (QED) is 0.694. The van der Waals surface area contributed by atoms with E-state index in [1.807, 2.05) is 0 Å². The summed E-state index contributed by atoms with van der Waals surface area (Å²) >= 11 is 5.90. The first kappa shape index (κ1) is 20.1. The summed E-state index contributed by atoms with van der Waals surface area (Å²) in [6.07, 6.45) is -4.64. The van der Waals surface area contributed by atoms with Crippen LogP contribution in [-0.2, 0) is 6.18 Å². The number of hydrogen-bond acceptors (Lipinski definition) is 2. The molecule has 1 heterocycles. The van der Waals surface area contributed by atoms with Crippen LogP contribution in [0.2, 0.25) is 5.02 Å². The van der Waals surface area contributed by atoms with Gasteiger partial charge in [-0.2, -0.15) is 13.2 Å². The molecule has 2 amide bonds. The van der Waals surface area contributed by atoms with Crippen LogP contribution in [-0.4, -0.2) is 47.8 Å². The first-order valence-electron chi connectivity index (χ1n) is 8.38. The molecule has 1 fully saturated rings. The first-order chi connectivity index (χ1) is 13.2. The maximum absolute atomic E-state index is 13.1. The van der Waals surface area contributed by atoms with Crippen molar-refractivity contribution in [2.24, 2.45) is 0 Å². The third-order valence-electron chi connectivity index (χ3n) is 4.48. The summed E-state index contributed by atoms with van der Waals surface area (Å²) in [5, 5.41) is -0.0254. The Morgan fingerprint density at radius 1 is 0.857 bits per heavy atom. The topological polar surface area (TPSA) is 40.6 Å². The van der Waals surface area contributed by atoms with E-state index < -0.39 is 34.9 Å². The Hall–Kier alpha value is -2.61. The van der Waals surface area contributed by atoms with Crippen molar-refractivity contribution in [3.63, 3.8) is 0 Å². The van der Waals surface area contributed by atoms with Gasteiger partial charge in [-0.3, -0.25) is 9.59 Å². The molecule has 4 nitrogen and oxygen atoms in total. The van der Waals surface area contributed by atoms with Gasteiger partial charge in [0.05, 0.1) is 21.7 Å². The molecule has 0 spiro atoms. The lowest BCUT2D eigenvalue weighted by Crippen LogP contribution is -2.50. The Morgan fingerprint density at radius 2 is 1.39 bits per heavy atom. The molecule has 0 saturated carbocycles. The molecule has 28 heavy (non-hydrogen) atoms. The number of benzene rings is 2. The molecule has 3 rings (SSSR count). The molecule has 9 heteroatoms. The molecule has 2 aromatic rings. The van der Waals surface area contributed by atoms with Gasteiger partial charge in [-0.05, 0) is 30.3 Å². The van der Waals surface area contributed by atoms with Crippen molar-refractivity contribution in [3.05, 3.63) is 70.0 Å². The van der Waals surface area contributed by atoms with E-state index in [4.69, 9.17) is 11.6 Å². The van der Waals surface area contributed by atoms with E-state index >= 15 is 0 Å². The maximum Gasteiger partial charge on any atom is 0.417 e. The zero-order valence-corrected chi connectivity index (χ0v) is 15.2. The van der Waals surface area contributed by atoms with Gasteiger partial charge in [0.15, 0.2) is 0 Å². The van der Waals surface area contributed by atoms with Crippen molar-refractivity contribution in [3.8, 4) is 0 Å². The second-order valence-electron chi connectivity index (χ2n) is 6.25. The number of hydrogen-bond donors (Lipinski definition) is 0. The van der Waals surface area contributed by atoms with E-state index in [1.54, 1.807) is 0 Å². The van der Waals surface area contributed by atoms with Gasteiger partial charge in [0.2, 0.25) is 0 Å². The van der Waals surface area contributed by atoms with E-state index in [1.165, 1.54) is 28.0 Å². The molecule has 148 valence electrons. The van der Waals surface area contributed by atoms with E-state index in [9.17, 15) is 27.2 Å². The number of piperazine rings is 1. The molecule has 2 aromatic carbocycles. The van der Waals surface area contributed by atoms with E-state index in [0.717, 1.165) is 24.3 Å². The number of nitrogens with zero attached hydrogens (tertiary/aromatic N) is 2. The summed E-state index contributed by atoms with van der Waals surface area (Å²) in [7, 11) is 0. The van der Waals surface area contributed by atoms with Gasteiger partial charge < -0.3 is 9.80 Å². The molecule has 0 N–H and O–H groups in total. The molecular weight excluding hydrogens is 400 g/mol. The molecule has 0 atom stereocenters. The third-order valence-corrected chi connectivity index (χ3v) is 4.79. The van der Waals surface area contributed by atoms with Crippen molar-refractivity contribution < 1.29 is 27.2 Å². The van der Waals surface area contributed by atoms with Crippen molar-refractivity contribution in [1.82, 2.24) is 9.80 Å². The van der Waals surface area contributed by atoms with Crippen LogP contribution in [0.4, 0.5) is 17.6 Å². The summed E-state index contributed by atoms with van der Waals surface area (Å²) in [4.78, 5) is 27.8. The molecule has 1 aliphatic heterocycles. The summed E-state index contributed by atoms with van der Waals surface area (Å²) in [5.41, 5.74) is -1.28. The van der Waals surface area contributed by atoms with Crippen LogP contribution in [0.3, 0.4) is 0 Å². The fraction of sp³-hybridized carbons (Fsp3) is 0.263. The summed E-state index contributed by atoms with van der Waals surface area (Å²) < 4.78 is 52.5. The number of carbonyl (C=O) groups is 2. The highest BCUT2D eigenvalue weighted by Crippen LogP contribution is 2.32. The second kappa shape index (κ2) is 7.79. The summed E-state index contributed by atoms with van der Waals surface area (Å²) in [6, 6.07) is 8.03. The molecule has 0 bridgehead atoms. The fourth-order valence-electron chi connectivity index (χ4n) is 3.03.